The third-order valence-corrected chi connectivity index (χ3v) is 4.33. The van der Waals surface area contributed by atoms with Crippen LogP contribution in [0.4, 0.5) is 15.2 Å². The van der Waals surface area contributed by atoms with Crippen LogP contribution in [0, 0.1) is 5.82 Å². The SMILES string of the molecule is COC(=O)C(C)Sc1nnc(Nc2ccccc2F)s1. The fourth-order valence-electron chi connectivity index (χ4n) is 1.35. The van der Waals surface area contributed by atoms with Crippen LogP contribution in [0.2, 0.25) is 0 Å². The quantitative estimate of drug-likeness (QED) is 0.676. The van der Waals surface area contributed by atoms with E-state index in [9.17, 15) is 9.18 Å². The number of halogens is 1. The van der Waals surface area contributed by atoms with Crippen molar-refractivity contribution < 1.29 is 13.9 Å². The van der Waals surface area contributed by atoms with Crippen molar-refractivity contribution in [2.24, 2.45) is 0 Å². The number of rotatable bonds is 5. The highest BCUT2D eigenvalue weighted by Crippen LogP contribution is 2.31. The summed E-state index contributed by atoms with van der Waals surface area (Å²) in [5, 5.41) is 10.8. The fourth-order valence-corrected chi connectivity index (χ4v) is 3.29. The fraction of sp³-hybridized carbons (Fsp3) is 0.250. The van der Waals surface area contributed by atoms with E-state index in [1.807, 2.05) is 0 Å². The lowest BCUT2D eigenvalue weighted by molar-refractivity contribution is -0.139. The number of nitrogens with zero attached hydrogens (tertiary/aromatic N) is 2. The van der Waals surface area contributed by atoms with Gasteiger partial charge in [-0.05, 0) is 19.1 Å². The molecule has 0 bridgehead atoms. The zero-order valence-electron chi connectivity index (χ0n) is 10.8. The summed E-state index contributed by atoms with van der Waals surface area (Å²) >= 11 is 2.50. The molecule has 20 heavy (non-hydrogen) atoms. The van der Waals surface area contributed by atoms with Gasteiger partial charge in [0.2, 0.25) is 5.13 Å². The second kappa shape index (κ2) is 6.67. The lowest BCUT2D eigenvalue weighted by Crippen LogP contribution is -2.14. The second-order valence-electron chi connectivity index (χ2n) is 3.76. The number of para-hydroxylation sites is 1. The summed E-state index contributed by atoms with van der Waals surface area (Å²) in [6.45, 7) is 1.72. The monoisotopic (exact) mass is 313 g/mol. The van der Waals surface area contributed by atoms with Crippen molar-refractivity contribution in [3.63, 3.8) is 0 Å². The van der Waals surface area contributed by atoms with Crippen LogP contribution in [0.15, 0.2) is 28.6 Å². The molecule has 0 aliphatic heterocycles. The third-order valence-electron chi connectivity index (χ3n) is 2.33. The molecule has 0 amide bonds. The normalized spacial score (nSPS) is 11.9. The van der Waals surface area contributed by atoms with E-state index in [0.717, 1.165) is 0 Å². The Morgan fingerprint density at radius 1 is 1.45 bits per heavy atom. The molecule has 2 rings (SSSR count). The van der Waals surface area contributed by atoms with Gasteiger partial charge in [-0.3, -0.25) is 4.79 Å². The second-order valence-corrected chi connectivity index (χ2v) is 6.33. The third kappa shape index (κ3) is 3.67. The molecule has 1 unspecified atom stereocenters. The minimum Gasteiger partial charge on any atom is -0.468 e. The van der Waals surface area contributed by atoms with E-state index >= 15 is 0 Å². The first-order valence-electron chi connectivity index (χ1n) is 5.69. The maximum absolute atomic E-state index is 13.5. The summed E-state index contributed by atoms with van der Waals surface area (Å²) in [5.41, 5.74) is 0.334. The van der Waals surface area contributed by atoms with Crippen molar-refractivity contribution in [1.29, 1.82) is 0 Å². The smallest absolute Gasteiger partial charge is 0.318 e. The van der Waals surface area contributed by atoms with Crippen LogP contribution in [0.1, 0.15) is 6.92 Å². The molecular weight excluding hydrogens is 301 g/mol. The highest BCUT2D eigenvalue weighted by Gasteiger charge is 2.17. The van der Waals surface area contributed by atoms with Crippen LogP contribution in [0.3, 0.4) is 0 Å². The number of carbonyl (C=O) groups excluding carboxylic acids is 1. The van der Waals surface area contributed by atoms with Crippen molar-refractivity contribution in [2.75, 3.05) is 12.4 Å². The Hall–Kier alpha value is -1.67. The first kappa shape index (κ1) is 14.7. The van der Waals surface area contributed by atoms with Gasteiger partial charge in [-0.15, -0.1) is 10.2 Å². The van der Waals surface area contributed by atoms with Gasteiger partial charge in [0.25, 0.3) is 0 Å². The number of carbonyl (C=O) groups is 1. The summed E-state index contributed by atoms with van der Waals surface area (Å²) < 4.78 is 18.7. The summed E-state index contributed by atoms with van der Waals surface area (Å²) in [4.78, 5) is 11.3. The van der Waals surface area contributed by atoms with Crippen LogP contribution in [-0.2, 0) is 9.53 Å². The topological polar surface area (TPSA) is 64.1 Å². The molecule has 5 nitrogen and oxygen atoms in total. The van der Waals surface area contributed by atoms with Crippen molar-refractivity contribution in [2.45, 2.75) is 16.5 Å². The number of aromatic nitrogens is 2. The van der Waals surface area contributed by atoms with Gasteiger partial charge in [0, 0.05) is 0 Å². The van der Waals surface area contributed by atoms with E-state index in [1.54, 1.807) is 25.1 Å². The number of ether oxygens (including phenoxy) is 1. The first-order chi connectivity index (χ1) is 9.60. The summed E-state index contributed by atoms with van der Waals surface area (Å²) in [5.74, 6) is -0.686. The van der Waals surface area contributed by atoms with Gasteiger partial charge in [-0.2, -0.15) is 0 Å². The maximum atomic E-state index is 13.5. The largest absolute Gasteiger partial charge is 0.468 e. The molecule has 0 aliphatic carbocycles. The van der Waals surface area contributed by atoms with Crippen molar-refractivity contribution in [1.82, 2.24) is 10.2 Å². The predicted molar refractivity (Wildman–Crippen MR) is 76.9 cm³/mol. The Kier molecular flexibility index (Phi) is 4.91. The molecule has 0 fully saturated rings. The van der Waals surface area contributed by atoms with Gasteiger partial charge >= 0.3 is 5.97 Å². The molecule has 0 radical (unpaired) electrons. The maximum Gasteiger partial charge on any atom is 0.318 e. The predicted octanol–water partition coefficient (Wildman–Crippen LogP) is 3.07. The van der Waals surface area contributed by atoms with Gasteiger partial charge in [0.15, 0.2) is 4.34 Å². The average molecular weight is 313 g/mol. The van der Waals surface area contributed by atoms with Crippen molar-refractivity contribution in [3.05, 3.63) is 30.1 Å². The molecule has 1 N–H and O–H groups in total. The van der Waals surface area contributed by atoms with Crippen molar-refractivity contribution in [3.8, 4) is 0 Å². The van der Waals surface area contributed by atoms with Crippen LogP contribution in [0.5, 0.6) is 0 Å². The standard InChI is InChI=1S/C12H12FN3O2S2/c1-7(10(17)18-2)19-12-16-15-11(20-12)14-9-6-4-3-5-8(9)13/h3-7H,1-2H3,(H,14,15). The number of benzene rings is 1. The summed E-state index contributed by atoms with van der Waals surface area (Å²) in [6.07, 6.45) is 0. The number of thioether (sulfide) groups is 1. The van der Waals surface area contributed by atoms with Crippen LogP contribution in [-0.4, -0.2) is 28.5 Å². The van der Waals surface area contributed by atoms with Gasteiger partial charge in [-0.1, -0.05) is 35.2 Å². The molecule has 0 spiro atoms. The zero-order chi connectivity index (χ0) is 14.5. The van der Waals surface area contributed by atoms with Crippen molar-refractivity contribution >= 4 is 39.9 Å². The van der Waals surface area contributed by atoms with E-state index in [-0.39, 0.29) is 17.0 Å². The highest BCUT2D eigenvalue weighted by molar-refractivity contribution is 8.02. The lowest BCUT2D eigenvalue weighted by atomic mass is 10.3. The van der Waals surface area contributed by atoms with E-state index in [2.05, 4.69) is 20.3 Å². The molecule has 1 atom stereocenters. The van der Waals surface area contributed by atoms with Gasteiger partial charge < -0.3 is 10.1 Å². The zero-order valence-corrected chi connectivity index (χ0v) is 12.4. The number of hydrogen-bond acceptors (Lipinski definition) is 7. The van der Waals surface area contributed by atoms with Gasteiger partial charge in [0.1, 0.15) is 11.1 Å². The van der Waals surface area contributed by atoms with Gasteiger partial charge in [0.05, 0.1) is 12.8 Å². The molecule has 0 saturated carbocycles. The number of methoxy groups -OCH3 is 1. The molecule has 0 aliphatic rings. The van der Waals surface area contributed by atoms with E-state index in [4.69, 9.17) is 0 Å². The minimum atomic E-state index is -0.366. The molecule has 106 valence electrons. The number of esters is 1. The van der Waals surface area contributed by atoms with Crippen LogP contribution < -0.4 is 5.32 Å². The van der Waals surface area contributed by atoms with E-state index < -0.39 is 0 Å². The molecule has 1 aromatic carbocycles. The molecule has 2 aromatic rings. The molecule has 1 aromatic heterocycles. The Balaban J connectivity index is 2.03. The van der Waals surface area contributed by atoms with Crippen LogP contribution >= 0.6 is 23.1 Å². The van der Waals surface area contributed by atoms with E-state index in [0.29, 0.717) is 15.2 Å². The molecule has 1 heterocycles. The number of anilines is 2. The molecular formula is C12H12FN3O2S2. The summed E-state index contributed by atoms with van der Waals surface area (Å²) in [7, 11) is 1.34. The minimum absolute atomic E-state index is 0.325. The Bertz CT molecular complexity index is 606. The van der Waals surface area contributed by atoms with Crippen LogP contribution in [0.25, 0.3) is 0 Å². The average Bonchev–Trinajstić information content (AvgIpc) is 2.87. The number of nitrogens with one attached hydrogen (secondary N) is 1. The lowest BCUT2D eigenvalue weighted by Gasteiger charge is -2.04. The highest BCUT2D eigenvalue weighted by atomic mass is 32.2. The molecule has 8 heteroatoms. The van der Waals surface area contributed by atoms with E-state index in [1.165, 1.54) is 36.3 Å². The summed E-state index contributed by atoms with van der Waals surface area (Å²) in [6, 6.07) is 6.31. The Labute approximate surface area is 123 Å². The molecule has 0 saturated heterocycles. The van der Waals surface area contributed by atoms with Gasteiger partial charge in [-0.25, -0.2) is 4.39 Å². The Morgan fingerprint density at radius 2 is 2.20 bits per heavy atom. The Morgan fingerprint density at radius 3 is 2.90 bits per heavy atom. The number of hydrogen-bond donors (Lipinski definition) is 1. The first-order valence-corrected chi connectivity index (χ1v) is 7.39.